The summed E-state index contributed by atoms with van der Waals surface area (Å²) in [6, 6.07) is 13.0. The molecule has 1 aromatic heterocycles. The fraction of sp³-hybridized carbons (Fsp3) is 0.500. The minimum atomic E-state index is -0.140. The van der Waals surface area contributed by atoms with Gasteiger partial charge in [-0.2, -0.15) is 0 Å². The Hall–Kier alpha value is -2.89. The van der Waals surface area contributed by atoms with Crippen molar-refractivity contribution in [2.75, 3.05) is 20.1 Å². The lowest BCUT2D eigenvalue weighted by Crippen LogP contribution is -2.51. The van der Waals surface area contributed by atoms with Gasteiger partial charge in [-0.15, -0.1) is 0 Å². The maximum absolute atomic E-state index is 13.5. The lowest BCUT2D eigenvalue weighted by atomic mass is 9.90. The standard InChI is InChI=1S/C26H33N3O3/c1-28-18-10-2-3-11-19-29(26(31)21-13-8-9-17-27-21)22-14-5-7-16-24(22)32-23-15-6-4-12-20(23)25(28)30/h4,6,8-9,12-13,15,17,22,24H,2-3,5,7,10-11,14,16,18-19H2,1H3/t22-,24+/m1/s1. The molecule has 1 saturated carbocycles. The van der Waals surface area contributed by atoms with E-state index in [1.807, 2.05) is 48.3 Å². The second kappa shape index (κ2) is 10.6. The SMILES string of the molecule is CN1CCCCCCN(C(=O)c2ccccn2)[C@@H]2CCCC[C@@H]2Oc2ccccc2C1=O. The van der Waals surface area contributed by atoms with Gasteiger partial charge in [-0.05, 0) is 56.4 Å². The van der Waals surface area contributed by atoms with Crippen LogP contribution >= 0.6 is 0 Å². The second-order valence-corrected chi connectivity index (χ2v) is 8.86. The van der Waals surface area contributed by atoms with Crippen LogP contribution in [0.5, 0.6) is 5.75 Å². The first-order chi connectivity index (χ1) is 15.6. The summed E-state index contributed by atoms with van der Waals surface area (Å²) in [5.74, 6) is 0.581. The topological polar surface area (TPSA) is 62.7 Å². The number of para-hydroxylation sites is 1. The number of nitrogens with zero attached hydrogens (tertiary/aromatic N) is 3. The Morgan fingerprint density at radius 1 is 0.938 bits per heavy atom. The Labute approximate surface area is 190 Å². The molecule has 2 atom stereocenters. The van der Waals surface area contributed by atoms with E-state index in [2.05, 4.69) is 4.98 Å². The fourth-order valence-electron chi connectivity index (χ4n) is 4.83. The summed E-state index contributed by atoms with van der Waals surface area (Å²) in [5.41, 5.74) is 1.08. The maximum atomic E-state index is 13.5. The van der Waals surface area contributed by atoms with Crippen LogP contribution in [0.2, 0.25) is 0 Å². The van der Waals surface area contributed by atoms with E-state index in [1.165, 1.54) is 0 Å². The summed E-state index contributed by atoms with van der Waals surface area (Å²) in [5, 5.41) is 0. The summed E-state index contributed by atoms with van der Waals surface area (Å²) < 4.78 is 6.52. The van der Waals surface area contributed by atoms with Gasteiger partial charge < -0.3 is 14.5 Å². The summed E-state index contributed by atoms with van der Waals surface area (Å²) in [7, 11) is 1.86. The summed E-state index contributed by atoms with van der Waals surface area (Å²) in [4.78, 5) is 34.7. The third-order valence-corrected chi connectivity index (χ3v) is 6.60. The highest BCUT2D eigenvalue weighted by Gasteiger charge is 2.35. The first kappa shape index (κ1) is 22.3. The minimum Gasteiger partial charge on any atom is -0.487 e. The Morgan fingerprint density at radius 2 is 1.69 bits per heavy atom. The average Bonchev–Trinajstić information content (AvgIpc) is 2.84. The van der Waals surface area contributed by atoms with E-state index in [0.29, 0.717) is 23.6 Å². The lowest BCUT2D eigenvalue weighted by Gasteiger charge is -2.40. The summed E-state index contributed by atoms with van der Waals surface area (Å²) >= 11 is 0. The van der Waals surface area contributed by atoms with Crippen LogP contribution in [0.25, 0.3) is 0 Å². The van der Waals surface area contributed by atoms with Gasteiger partial charge in [0.25, 0.3) is 11.8 Å². The zero-order chi connectivity index (χ0) is 22.3. The van der Waals surface area contributed by atoms with E-state index in [-0.39, 0.29) is 24.0 Å². The van der Waals surface area contributed by atoms with Crippen LogP contribution in [-0.4, -0.2) is 58.9 Å². The van der Waals surface area contributed by atoms with Crippen LogP contribution in [0.4, 0.5) is 0 Å². The number of hydrogen-bond acceptors (Lipinski definition) is 4. The molecular formula is C26H33N3O3. The van der Waals surface area contributed by atoms with E-state index in [9.17, 15) is 9.59 Å². The lowest BCUT2D eigenvalue weighted by molar-refractivity contribution is 0.0264. The van der Waals surface area contributed by atoms with Gasteiger partial charge in [0.15, 0.2) is 0 Å². The zero-order valence-corrected chi connectivity index (χ0v) is 18.9. The van der Waals surface area contributed by atoms with Crippen molar-refractivity contribution in [3.63, 3.8) is 0 Å². The molecule has 0 bridgehead atoms. The van der Waals surface area contributed by atoms with E-state index >= 15 is 0 Å². The summed E-state index contributed by atoms with van der Waals surface area (Å²) in [6.07, 6.45) is 9.39. The molecule has 1 aliphatic carbocycles. The van der Waals surface area contributed by atoms with Crippen LogP contribution in [0.3, 0.4) is 0 Å². The number of carbonyl (C=O) groups excluding carboxylic acids is 2. The molecule has 1 aliphatic heterocycles. The minimum absolute atomic E-state index is 0.00793. The van der Waals surface area contributed by atoms with Crippen molar-refractivity contribution in [1.29, 1.82) is 0 Å². The van der Waals surface area contributed by atoms with Crippen LogP contribution in [0.1, 0.15) is 72.2 Å². The number of pyridine rings is 1. The second-order valence-electron chi connectivity index (χ2n) is 8.86. The molecule has 1 fully saturated rings. The smallest absolute Gasteiger partial charge is 0.272 e. The van der Waals surface area contributed by atoms with E-state index in [0.717, 1.165) is 57.9 Å². The predicted molar refractivity (Wildman–Crippen MR) is 124 cm³/mol. The van der Waals surface area contributed by atoms with Crippen LogP contribution in [-0.2, 0) is 0 Å². The van der Waals surface area contributed by atoms with Crippen molar-refractivity contribution in [1.82, 2.24) is 14.8 Å². The highest BCUT2D eigenvalue weighted by Crippen LogP contribution is 2.31. The van der Waals surface area contributed by atoms with Crippen molar-refractivity contribution in [2.45, 2.75) is 63.5 Å². The van der Waals surface area contributed by atoms with Crippen molar-refractivity contribution in [3.8, 4) is 5.75 Å². The van der Waals surface area contributed by atoms with Gasteiger partial charge in [0.1, 0.15) is 17.5 Å². The highest BCUT2D eigenvalue weighted by molar-refractivity contribution is 5.96. The van der Waals surface area contributed by atoms with Gasteiger partial charge >= 0.3 is 0 Å². The molecular weight excluding hydrogens is 402 g/mol. The quantitative estimate of drug-likeness (QED) is 0.659. The van der Waals surface area contributed by atoms with Crippen LogP contribution in [0, 0.1) is 0 Å². The molecule has 2 amide bonds. The van der Waals surface area contributed by atoms with E-state index < -0.39 is 0 Å². The van der Waals surface area contributed by atoms with Gasteiger partial charge in [0, 0.05) is 26.3 Å². The number of amides is 2. The Morgan fingerprint density at radius 3 is 2.50 bits per heavy atom. The van der Waals surface area contributed by atoms with Gasteiger partial charge in [0.05, 0.1) is 11.6 Å². The third-order valence-electron chi connectivity index (χ3n) is 6.60. The van der Waals surface area contributed by atoms with E-state index in [1.54, 1.807) is 17.2 Å². The van der Waals surface area contributed by atoms with Gasteiger partial charge in [0.2, 0.25) is 0 Å². The van der Waals surface area contributed by atoms with Gasteiger partial charge in [-0.25, -0.2) is 0 Å². The zero-order valence-electron chi connectivity index (χ0n) is 18.9. The molecule has 0 saturated heterocycles. The normalized spacial score (nSPS) is 22.8. The molecule has 2 heterocycles. The molecule has 0 N–H and O–H groups in total. The molecule has 0 radical (unpaired) electrons. The molecule has 0 unspecified atom stereocenters. The number of aromatic nitrogens is 1. The van der Waals surface area contributed by atoms with Crippen LogP contribution < -0.4 is 4.74 Å². The number of carbonyl (C=O) groups is 2. The van der Waals surface area contributed by atoms with Gasteiger partial charge in [-0.1, -0.05) is 37.5 Å². The van der Waals surface area contributed by atoms with E-state index in [4.69, 9.17) is 4.74 Å². The van der Waals surface area contributed by atoms with Crippen molar-refractivity contribution < 1.29 is 14.3 Å². The molecule has 6 heteroatoms. The average molecular weight is 436 g/mol. The first-order valence-corrected chi connectivity index (χ1v) is 11.9. The van der Waals surface area contributed by atoms with Crippen molar-refractivity contribution in [3.05, 3.63) is 59.9 Å². The number of ether oxygens (including phenoxy) is 1. The molecule has 1 aromatic carbocycles. The highest BCUT2D eigenvalue weighted by atomic mass is 16.5. The number of hydrogen-bond donors (Lipinski definition) is 0. The maximum Gasteiger partial charge on any atom is 0.272 e. The van der Waals surface area contributed by atoms with Crippen molar-refractivity contribution >= 4 is 11.8 Å². The Balaban J connectivity index is 1.67. The molecule has 4 rings (SSSR count). The van der Waals surface area contributed by atoms with Gasteiger partial charge in [-0.3, -0.25) is 14.6 Å². The molecule has 2 aliphatic rings. The molecule has 2 aromatic rings. The number of rotatable bonds is 1. The molecule has 32 heavy (non-hydrogen) atoms. The first-order valence-electron chi connectivity index (χ1n) is 11.9. The largest absolute Gasteiger partial charge is 0.487 e. The Kier molecular flexibility index (Phi) is 7.40. The number of benzene rings is 1. The molecule has 0 spiro atoms. The van der Waals surface area contributed by atoms with Crippen LogP contribution in [0.15, 0.2) is 48.7 Å². The molecule has 170 valence electrons. The number of fused-ring (bicyclic) bond motifs is 2. The molecule has 6 nitrogen and oxygen atoms in total. The third kappa shape index (κ3) is 5.12. The summed E-state index contributed by atoms with van der Waals surface area (Å²) in [6.45, 7) is 1.42. The fourth-order valence-corrected chi connectivity index (χ4v) is 4.83. The monoisotopic (exact) mass is 435 g/mol. The Bertz CT molecular complexity index is 918. The predicted octanol–water partition coefficient (Wildman–Crippen LogP) is 4.56. The van der Waals surface area contributed by atoms with Crippen molar-refractivity contribution in [2.24, 2.45) is 0 Å².